The molecule has 1 saturated carbocycles. The maximum absolute atomic E-state index is 13.4. The van der Waals surface area contributed by atoms with Crippen molar-refractivity contribution in [1.82, 2.24) is 10.6 Å². The van der Waals surface area contributed by atoms with Gasteiger partial charge in [-0.1, -0.05) is 18.2 Å². The molecule has 3 aliphatic carbocycles. The minimum absolute atomic E-state index is 0.0439. The Labute approximate surface area is 247 Å². The molecule has 2 aromatic rings. The molecule has 5 rings (SSSR count). The third-order valence-electron chi connectivity index (χ3n) is 8.79. The van der Waals surface area contributed by atoms with Crippen molar-refractivity contribution in [2.24, 2.45) is 17.8 Å². The molecule has 0 aromatic heterocycles. The van der Waals surface area contributed by atoms with Gasteiger partial charge in [-0.2, -0.15) is 0 Å². The van der Waals surface area contributed by atoms with E-state index in [0.717, 1.165) is 23.2 Å². The molecule has 9 heteroatoms. The highest BCUT2D eigenvalue weighted by atomic mass is 16.5. The van der Waals surface area contributed by atoms with Crippen LogP contribution in [0.4, 0.5) is 5.69 Å². The van der Waals surface area contributed by atoms with Gasteiger partial charge in [0, 0.05) is 32.0 Å². The average molecular weight is 576 g/mol. The van der Waals surface area contributed by atoms with Crippen LogP contribution in [-0.2, 0) is 16.0 Å². The number of rotatable bonds is 11. The van der Waals surface area contributed by atoms with Crippen molar-refractivity contribution >= 4 is 17.5 Å². The van der Waals surface area contributed by atoms with Crippen LogP contribution in [0.2, 0.25) is 0 Å². The van der Waals surface area contributed by atoms with Gasteiger partial charge in [-0.05, 0) is 84.7 Å². The van der Waals surface area contributed by atoms with E-state index in [1.807, 2.05) is 12.1 Å². The summed E-state index contributed by atoms with van der Waals surface area (Å²) >= 11 is 0. The summed E-state index contributed by atoms with van der Waals surface area (Å²) in [5.41, 5.74) is 3.51. The summed E-state index contributed by atoms with van der Waals surface area (Å²) in [5, 5.41) is 9.35. The van der Waals surface area contributed by atoms with Crippen LogP contribution in [0.3, 0.4) is 0 Å². The summed E-state index contributed by atoms with van der Waals surface area (Å²) in [6.45, 7) is 2.69. The van der Waals surface area contributed by atoms with Gasteiger partial charge in [0.15, 0.2) is 11.5 Å². The van der Waals surface area contributed by atoms with E-state index in [0.29, 0.717) is 78.5 Å². The lowest BCUT2D eigenvalue weighted by Gasteiger charge is -2.19. The fourth-order valence-corrected chi connectivity index (χ4v) is 6.79. The van der Waals surface area contributed by atoms with E-state index in [4.69, 9.17) is 14.2 Å². The topological polar surface area (TPSA) is 115 Å². The summed E-state index contributed by atoms with van der Waals surface area (Å²) in [7, 11) is 4.72. The number of carbonyl (C=O) groups is 2. The number of hydrogen-bond donors (Lipinski definition) is 3. The number of anilines is 1. The molecule has 2 bridgehead atoms. The number of amides is 2. The highest BCUT2D eigenvalue weighted by Crippen LogP contribution is 2.50. The zero-order chi connectivity index (χ0) is 29.8. The minimum Gasteiger partial charge on any atom is -0.493 e. The van der Waals surface area contributed by atoms with Gasteiger partial charge in [0.1, 0.15) is 0 Å². The monoisotopic (exact) mass is 575 g/mol. The Morgan fingerprint density at radius 3 is 2.48 bits per heavy atom. The SMILES string of the molecule is COc1cc2c(c(OC)c1OC)-c1ccc(NCCCC(=O)NC[C@@H]3C[C@H]4C=C[C@H]3C4)c(=O)cc1[C@@H](NC(C)=O)CC2. The van der Waals surface area contributed by atoms with Gasteiger partial charge in [0.05, 0.1) is 33.1 Å². The van der Waals surface area contributed by atoms with E-state index < -0.39 is 0 Å². The molecule has 0 saturated heterocycles. The highest BCUT2D eigenvalue weighted by molar-refractivity contribution is 5.83. The maximum Gasteiger partial charge on any atom is 0.220 e. The molecule has 0 unspecified atom stereocenters. The zero-order valence-electron chi connectivity index (χ0n) is 24.9. The molecule has 2 amide bonds. The van der Waals surface area contributed by atoms with Crippen LogP contribution in [-0.4, -0.2) is 46.2 Å². The Kier molecular flexibility index (Phi) is 9.04. The molecule has 4 atom stereocenters. The second-order valence-corrected chi connectivity index (χ2v) is 11.5. The number of fused-ring (bicyclic) bond motifs is 5. The molecule has 0 aliphatic heterocycles. The third-order valence-corrected chi connectivity index (χ3v) is 8.79. The van der Waals surface area contributed by atoms with E-state index in [1.54, 1.807) is 33.5 Å². The lowest BCUT2D eigenvalue weighted by molar-refractivity contribution is -0.121. The molecule has 3 N–H and O–H groups in total. The van der Waals surface area contributed by atoms with Crippen LogP contribution in [0.5, 0.6) is 17.2 Å². The molecule has 0 heterocycles. The summed E-state index contributed by atoms with van der Waals surface area (Å²) < 4.78 is 17.1. The van der Waals surface area contributed by atoms with Crippen LogP contribution >= 0.6 is 0 Å². The fourth-order valence-electron chi connectivity index (χ4n) is 6.79. The second kappa shape index (κ2) is 12.9. The first kappa shape index (κ1) is 29.5. The number of aryl methyl sites for hydroxylation is 1. The first-order valence-electron chi connectivity index (χ1n) is 14.8. The molecule has 0 radical (unpaired) electrons. The molecular formula is C33H41N3O6. The summed E-state index contributed by atoms with van der Waals surface area (Å²) in [5.74, 6) is 3.25. The van der Waals surface area contributed by atoms with Crippen molar-refractivity contribution in [2.45, 2.75) is 51.5 Å². The number of methoxy groups -OCH3 is 3. The Hall–Kier alpha value is -4.01. The molecule has 224 valence electrons. The van der Waals surface area contributed by atoms with Crippen molar-refractivity contribution in [3.05, 3.63) is 57.8 Å². The Morgan fingerprint density at radius 1 is 1.00 bits per heavy atom. The highest BCUT2D eigenvalue weighted by Gasteiger charge is 2.35. The van der Waals surface area contributed by atoms with Gasteiger partial charge in [-0.3, -0.25) is 14.4 Å². The lowest BCUT2D eigenvalue weighted by Crippen LogP contribution is -2.31. The number of nitrogens with one attached hydrogen (secondary N) is 3. The number of allylic oxidation sites excluding steroid dienone is 2. The Morgan fingerprint density at radius 2 is 1.81 bits per heavy atom. The van der Waals surface area contributed by atoms with E-state index in [1.165, 1.54) is 19.8 Å². The predicted octanol–water partition coefficient (Wildman–Crippen LogP) is 4.38. The molecule has 1 fully saturated rings. The van der Waals surface area contributed by atoms with Crippen molar-refractivity contribution in [1.29, 1.82) is 0 Å². The first-order chi connectivity index (χ1) is 20.3. The third kappa shape index (κ3) is 6.10. The number of ether oxygens (including phenoxy) is 3. The molecule has 9 nitrogen and oxygen atoms in total. The fraction of sp³-hybridized carbons (Fsp3) is 0.485. The first-order valence-corrected chi connectivity index (χ1v) is 14.8. The van der Waals surface area contributed by atoms with Crippen LogP contribution in [0.15, 0.2) is 41.2 Å². The normalized spacial score (nSPS) is 21.5. The second-order valence-electron chi connectivity index (χ2n) is 11.5. The zero-order valence-corrected chi connectivity index (χ0v) is 24.9. The van der Waals surface area contributed by atoms with Crippen molar-refractivity contribution in [2.75, 3.05) is 39.7 Å². The standard InChI is InChI=1S/C33H41N3O6/c1-19(37)36-26-11-9-22-16-29(40-2)32(41-3)33(42-4)31(22)24-10-12-27(28(38)17-25(24)26)34-13-5-6-30(39)35-18-23-15-20-7-8-21(23)14-20/h7-8,10,12,16-17,20-21,23,26H,5-6,9,11,13-15,18H2,1-4H3,(H,34,38)(H,35,39)(H,36,37)/t20-,21-,23-,26-/m0/s1. The van der Waals surface area contributed by atoms with Crippen LogP contribution in [0, 0.1) is 17.8 Å². The quantitative estimate of drug-likeness (QED) is 0.269. The molecule has 42 heavy (non-hydrogen) atoms. The summed E-state index contributed by atoms with van der Waals surface area (Å²) in [4.78, 5) is 38.0. The largest absolute Gasteiger partial charge is 0.493 e. The van der Waals surface area contributed by atoms with Crippen LogP contribution in [0.25, 0.3) is 11.1 Å². The van der Waals surface area contributed by atoms with Crippen molar-refractivity contribution < 1.29 is 23.8 Å². The van der Waals surface area contributed by atoms with Crippen molar-refractivity contribution in [3.8, 4) is 28.4 Å². The van der Waals surface area contributed by atoms with Gasteiger partial charge in [0.25, 0.3) is 0 Å². The Balaban J connectivity index is 1.35. The summed E-state index contributed by atoms with van der Waals surface area (Å²) in [6.07, 6.45) is 9.23. The van der Waals surface area contributed by atoms with E-state index in [-0.39, 0.29) is 23.3 Å². The minimum atomic E-state index is -0.367. The van der Waals surface area contributed by atoms with Crippen LogP contribution < -0.4 is 35.6 Å². The molecule has 0 spiro atoms. The number of benzene rings is 1. The van der Waals surface area contributed by atoms with Gasteiger partial charge in [-0.15, -0.1) is 0 Å². The molecular weight excluding hydrogens is 534 g/mol. The van der Waals surface area contributed by atoms with E-state index in [2.05, 4.69) is 28.1 Å². The van der Waals surface area contributed by atoms with Gasteiger partial charge < -0.3 is 30.2 Å². The smallest absolute Gasteiger partial charge is 0.220 e. The predicted molar refractivity (Wildman–Crippen MR) is 162 cm³/mol. The Bertz CT molecular complexity index is 1440. The van der Waals surface area contributed by atoms with E-state index in [9.17, 15) is 14.4 Å². The number of hydrogen-bond acceptors (Lipinski definition) is 7. The lowest BCUT2D eigenvalue weighted by atomic mass is 9.93. The van der Waals surface area contributed by atoms with Gasteiger partial charge in [0.2, 0.25) is 23.0 Å². The maximum atomic E-state index is 13.4. The van der Waals surface area contributed by atoms with Crippen molar-refractivity contribution in [3.63, 3.8) is 0 Å². The molecule has 2 aromatic carbocycles. The van der Waals surface area contributed by atoms with E-state index >= 15 is 0 Å². The van der Waals surface area contributed by atoms with Gasteiger partial charge in [-0.25, -0.2) is 0 Å². The van der Waals surface area contributed by atoms with Gasteiger partial charge >= 0.3 is 0 Å². The summed E-state index contributed by atoms with van der Waals surface area (Å²) in [6, 6.07) is 6.82. The average Bonchev–Trinajstić information content (AvgIpc) is 3.53. The number of carbonyl (C=O) groups excluding carboxylic acids is 2. The van der Waals surface area contributed by atoms with Crippen LogP contribution in [0.1, 0.15) is 56.2 Å². The molecule has 3 aliphatic rings.